The maximum Gasteiger partial charge on any atom is 0.255 e. The Labute approximate surface area is 123 Å². The van der Waals surface area contributed by atoms with Gasteiger partial charge < -0.3 is 10.1 Å². The zero-order valence-electron chi connectivity index (χ0n) is 11.4. The summed E-state index contributed by atoms with van der Waals surface area (Å²) in [6.45, 7) is 4.43. The van der Waals surface area contributed by atoms with Gasteiger partial charge in [-0.2, -0.15) is 0 Å². The summed E-state index contributed by atoms with van der Waals surface area (Å²) in [4.78, 5) is 12.1. The molecule has 0 radical (unpaired) electrons. The van der Waals surface area contributed by atoms with Crippen molar-refractivity contribution < 1.29 is 9.53 Å². The van der Waals surface area contributed by atoms with Crippen LogP contribution in [0.2, 0.25) is 5.02 Å². The summed E-state index contributed by atoms with van der Waals surface area (Å²) in [5.41, 5.74) is 2.27. The number of carbonyl (C=O) groups excluding carboxylic acids is 1. The lowest BCUT2D eigenvalue weighted by Crippen LogP contribution is -2.12. The van der Waals surface area contributed by atoms with Gasteiger partial charge in [-0.05, 0) is 61.9 Å². The van der Waals surface area contributed by atoms with Crippen LogP contribution in [-0.4, -0.2) is 12.5 Å². The monoisotopic (exact) mass is 289 g/mol. The summed E-state index contributed by atoms with van der Waals surface area (Å²) in [5, 5.41) is 3.52. The van der Waals surface area contributed by atoms with Crippen molar-refractivity contribution in [3.8, 4) is 5.75 Å². The highest BCUT2D eigenvalue weighted by atomic mass is 35.5. The third kappa shape index (κ3) is 3.52. The molecule has 4 heteroatoms. The van der Waals surface area contributed by atoms with Gasteiger partial charge in [-0.25, -0.2) is 0 Å². The molecule has 20 heavy (non-hydrogen) atoms. The lowest BCUT2D eigenvalue weighted by Gasteiger charge is -2.09. The summed E-state index contributed by atoms with van der Waals surface area (Å²) in [6.07, 6.45) is 0. The van der Waals surface area contributed by atoms with E-state index in [1.807, 2.05) is 19.9 Å². The van der Waals surface area contributed by atoms with E-state index in [1.54, 1.807) is 36.4 Å². The molecule has 0 atom stereocenters. The molecular weight excluding hydrogens is 274 g/mol. The van der Waals surface area contributed by atoms with Crippen LogP contribution in [-0.2, 0) is 0 Å². The Balaban J connectivity index is 2.11. The number of rotatable bonds is 4. The van der Waals surface area contributed by atoms with E-state index in [9.17, 15) is 4.79 Å². The van der Waals surface area contributed by atoms with Crippen molar-refractivity contribution in [2.75, 3.05) is 11.9 Å². The molecule has 0 aliphatic heterocycles. The smallest absolute Gasteiger partial charge is 0.255 e. The van der Waals surface area contributed by atoms with Gasteiger partial charge in [0, 0.05) is 16.3 Å². The average Bonchev–Trinajstić information content (AvgIpc) is 2.43. The Kier molecular flexibility index (Phi) is 4.64. The summed E-state index contributed by atoms with van der Waals surface area (Å²) in [6, 6.07) is 12.4. The van der Waals surface area contributed by atoms with E-state index in [4.69, 9.17) is 16.3 Å². The molecule has 1 N–H and O–H groups in total. The van der Waals surface area contributed by atoms with Gasteiger partial charge >= 0.3 is 0 Å². The Bertz CT molecular complexity index is 608. The number of hydrogen-bond acceptors (Lipinski definition) is 2. The molecule has 104 valence electrons. The molecular formula is C16H16ClNO2. The van der Waals surface area contributed by atoms with Crippen LogP contribution >= 0.6 is 11.6 Å². The molecule has 0 spiro atoms. The molecule has 2 aromatic rings. The number of halogens is 1. The average molecular weight is 290 g/mol. The van der Waals surface area contributed by atoms with Gasteiger partial charge in [-0.3, -0.25) is 4.79 Å². The van der Waals surface area contributed by atoms with Crippen LogP contribution in [0.5, 0.6) is 5.75 Å². The second-order valence-corrected chi connectivity index (χ2v) is 4.81. The molecule has 0 aliphatic rings. The molecule has 1 amide bonds. The van der Waals surface area contributed by atoms with Crippen LogP contribution in [0.15, 0.2) is 42.5 Å². The zero-order valence-corrected chi connectivity index (χ0v) is 12.2. The number of hydrogen-bond donors (Lipinski definition) is 1. The van der Waals surface area contributed by atoms with Crippen molar-refractivity contribution >= 4 is 23.2 Å². The predicted molar refractivity (Wildman–Crippen MR) is 81.8 cm³/mol. The fourth-order valence-corrected chi connectivity index (χ4v) is 2.06. The predicted octanol–water partition coefficient (Wildman–Crippen LogP) is 4.30. The number of amides is 1. The lowest BCUT2D eigenvalue weighted by molar-refractivity contribution is 0.102. The van der Waals surface area contributed by atoms with Crippen molar-refractivity contribution in [2.24, 2.45) is 0 Å². The molecule has 2 rings (SSSR count). The lowest BCUT2D eigenvalue weighted by atomic mass is 10.1. The number of ether oxygens (including phenoxy) is 1. The number of aryl methyl sites for hydroxylation is 1. The molecule has 2 aromatic carbocycles. The second kappa shape index (κ2) is 6.44. The Morgan fingerprint density at radius 3 is 2.50 bits per heavy atom. The molecule has 0 aliphatic carbocycles. The molecule has 0 unspecified atom stereocenters. The summed E-state index contributed by atoms with van der Waals surface area (Å²) in [7, 11) is 0. The normalized spacial score (nSPS) is 10.2. The first kappa shape index (κ1) is 14.4. The van der Waals surface area contributed by atoms with Gasteiger partial charge in [0.15, 0.2) is 0 Å². The third-order valence-electron chi connectivity index (χ3n) is 2.86. The van der Waals surface area contributed by atoms with E-state index >= 15 is 0 Å². The van der Waals surface area contributed by atoms with Crippen molar-refractivity contribution in [1.82, 2.24) is 0 Å². The number of nitrogens with one attached hydrogen (secondary N) is 1. The summed E-state index contributed by atoms with van der Waals surface area (Å²) in [5.74, 6) is 0.602. The fourth-order valence-electron chi connectivity index (χ4n) is 1.83. The van der Waals surface area contributed by atoms with Crippen LogP contribution in [0.4, 0.5) is 5.69 Å². The topological polar surface area (TPSA) is 38.3 Å². The third-order valence-corrected chi connectivity index (χ3v) is 3.10. The molecule has 0 fully saturated rings. The minimum absolute atomic E-state index is 0.154. The standard InChI is InChI=1S/C16H16ClNO2/c1-3-20-14-7-4-12(5-8-14)16(19)18-15-9-6-13(17)10-11(15)2/h4-10H,3H2,1-2H3,(H,18,19). The molecule has 0 aromatic heterocycles. The zero-order chi connectivity index (χ0) is 14.5. The molecule has 0 saturated carbocycles. The number of benzene rings is 2. The van der Waals surface area contributed by atoms with Crippen molar-refractivity contribution in [3.63, 3.8) is 0 Å². The molecule has 0 saturated heterocycles. The van der Waals surface area contributed by atoms with Crippen molar-refractivity contribution in [3.05, 3.63) is 58.6 Å². The first-order valence-corrected chi connectivity index (χ1v) is 6.78. The molecule has 3 nitrogen and oxygen atoms in total. The summed E-state index contributed by atoms with van der Waals surface area (Å²) >= 11 is 5.89. The highest BCUT2D eigenvalue weighted by Gasteiger charge is 2.08. The van der Waals surface area contributed by atoms with E-state index in [0.29, 0.717) is 17.2 Å². The Morgan fingerprint density at radius 1 is 1.20 bits per heavy atom. The van der Waals surface area contributed by atoms with E-state index in [1.165, 1.54) is 0 Å². The van der Waals surface area contributed by atoms with E-state index in [2.05, 4.69) is 5.32 Å². The van der Waals surface area contributed by atoms with Gasteiger partial charge in [0.05, 0.1) is 6.61 Å². The van der Waals surface area contributed by atoms with Gasteiger partial charge in [0.1, 0.15) is 5.75 Å². The minimum Gasteiger partial charge on any atom is -0.494 e. The largest absolute Gasteiger partial charge is 0.494 e. The minimum atomic E-state index is -0.154. The first-order chi connectivity index (χ1) is 9.60. The van der Waals surface area contributed by atoms with Crippen molar-refractivity contribution in [1.29, 1.82) is 0 Å². The highest BCUT2D eigenvalue weighted by Crippen LogP contribution is 2.20. The summed E-state index contributed by atoms with van der Waals surface area (Å²) < 4.78 is 5.34. The first-order valence-electron chi connectivity index (χ1n) is 6.40. The van der Waals surface area contributed by atoms with Crippen LogP contribution in [0, 0.1) is 6.92 Å². The van der Waals surface area contributed by atoms with E-state index in [0.717, 1.165) is 17.0 Å². The van der Waals surface area contributed by atoms with Crippen molar-refractivity contribution in [2.45, 2.75) is 13.8 Å². The maximum atomic E-state index is 12.1. The van der Waals surface area contributed by atoms with Crippen LogP contribution < -0.4 is 10.1 Å². The molecule has 0 bridgehead atoms. The van der Waals surface area contributed by atoms with Crippen LogP contribution in [0.3, 0.4) is 0 Å². The Hall–Kier alpha value is -2.00. The molecule has 0 heterocycles. The Morgan fingerprint density at radius 2 is 1.90 bits per heavy atom. The van der Waals surface area contributed by atoms with Gasteiger partial charge in [-0.15, -0.1) is 0 Å². The quantitative estimate of drug-likeness (QED) is 0.911. The SMILES string of the molecule is CCOc1ccc(C(=O)Nc2ccc(Cl)cc2C)cc1. The fraction of sp³-hybridized carbons (Fsp3) is 0.188. The van der Waals surface area contributed by atoms with E-state index in [-0.39, 0.29) is 5.91 Å². The number of carbonyl (C=O) groups is 1. The van der Waals surface area contributed by atoms with Crippen LogP contribution in [0.25, 0.3) is 0 Å². The van der Waals surface area contributed by atoms with E-state index < -0.39 is 0 Å². The van der Waals surface area contributed by atoms with Gasteiger partial charge in [-0.1, -0.05) is 11.6 Å². The van der Waals surface area contributed by atoms with Gasteiger partial charge in [0.25, 0.3) is 5.91 Å². The number of anilines is 1. The van der Waals surface area contributed by atoms with Crippen LogP contribution in [0.1, 0.15) is 22.8 Å². The highest BCUT2D eigenvalue weighted by molar-refractivity contribution is 6.30. The second-order valence-electron chi connectivity index (χ2n) is 4.37. The van der Waals surface area contributed by atoms with Gasteiger partial charge in [0.2, 0.25) is 0 Å². The maximum absolute atomic E-state index is 12.1.